The fourth-order valence-electron chi connectivity index (χ4n) is 2.77. The Morgan fingerprint density at radius 1 is 1.12 bits per heavy atom. The summed E-state index contributed by atoms with van der Waals surface area (Å²) in [5.74, 6) is 2.59. The van der Waals surface area contributed by atoms with Crippen LogP contribution in [0, 0.1) is 11.8 Å². The lowest BCUT2D eigenvalue weighted by atomic mass is 9.80. The quantitative estimate of drug-likeness (QED) is 0.848. The van der Waals surface area contributed by atoms with Gasteiger partial charge in [-0.2, -0.15) is 0 Å². The van der Waals surface area contributed by atoms with Crippen LogP contribution in [0.15, 0.2) is 18.5 Å². The van der Waals surface area contributed by atoms with E-state index < -0.39 is 0 Å². The van der Waals surface area contributed by atoms with Gasteiger partial charge in [-0.1, -0.05) is 13.8 Å². The van der Waals surface area contributed by atoms with Crippen molar-refractivity contribution in [2.45, 2.75) is 45.7 Å². The van der Waals surface area contributed by atoms with E-state index in [1.54, 1.807) is 12.4 Å². The molecule has 1 aromatic heterocycles. The van der Waals surface area contributed by atoms with Crippen LogP contribution in [-0.2, 0) is 6.54 Å². The zero-order chi connectivity index (χ0) is 11.4. The van der Waals surface area contributed by atoms with Gasteiger partial charge in [0.2, 0.25) is 0 Å². The molecule has 0 amide bonds. The molecule has 2 unspecified atom stereocenters. The second-order valence-electron chi connectivity index (χ2n) is 5.16. The minimum atomic E-state index is 0.641. The van der Waals surface area contributed by atoms with E-state index in [2.05, 4.69) is 29.1 Å². The molecule has 0 aliphatic heterocycles. The van der Waals surface area contributed by atoms with E-state index in [-0.39, 0.29) is 0 Å². The molecule has 0 saturated heterocycles. The maximum absolute atomic E-state index is 4.23. The molecule has 16 heavy (non-hydrogen) atoms. The van der Waals surface area contributed by atoms with Crippen molar-refractivity contribution in [3.05, 3.63) is 24.3 Å². The van der Waals surface area contributed by atoms with Crippen LogP contribution in [-0.4, -0.2) is 16.0 Å². The van der Waals surface area contributed by atoms with Crippen LogP contribution >= 0.6 is 0 Å². The maximum Gasteiger partial charge on any atom is 0.141 e. The van der Waals surface area contributed by atoms with Crippen LogP contribution in [0.1, 0.15) is 38.9 Å². The predicted octanol–water partition coefficient (Wildman–Crippen LogP) is 2.39. The summed E-state index contributed by atoms with van der Waals surface area (Å²) in [7, 11) is 0. The highest BCUT2D eigenvalue weighted by Gasteiger charge is 2.23. The average molecular weight is 219 g/mol. The topological polar surface area (TPSA) is 37.8 Å². The highest BCUT2D eigenvalue weighted by Crippen LogP contribution is 2.28. The number of aromatic nitrogens is 2. The third kappa shape index (κ3) is 3.27. The van der Waals surface area contributed by atoms with Crippen molar-refractivity contribution in [1.82, 2.24) is 15.3 Å². The Labute approximate surface area is 97.7 Å². The van der Waals surface area contributed by atoms with E-state index >= 15 is 0 Å². The molecule has 88 valence electrons. The Balaban J connectivity index is 1.81. The van der Waals surface area contributed by atoms with E-state index in [0.717, 1.165) is 24.2 Å². The molecule has 1 N–H and O–H groups in total. The molecule has 3 heteroatoms. The molecule has 1 aliphatic rings. The Hall–Kier alpha value is -0.960. The summed E-state index contributed by atoms with van der Waals surface area (Å²) < 4.78 is 0. The standard InChI is InChI=1S/C13H21N3/c1-10-6-11(2)8-12(7-10)16-9-13-14-4-3-5-15-13/h3-5,10-12,16H,6-9H2,1-2H3. The summed E-state index contributed by atoms with van der Waals surface area (Å²) in [6, 6.07) is 2.50. The second-order valence-corrected chi connectivity index (χ2v) is 5.16. The number of nitrogens with zero attached hydrogens (tertiary/aromatic N) is 2. The lowest BCUT2D eigenvalue weighted by molar-refractivity contribution is 0.237. The van der Waals surface area contributed by atoms with E-state index in [1.165, 1.54) is 19.3 Å². The lowest BCUT2D eigenvalue weighted by Crippen LogP contribution is -2.36. The fraction of sp³-hybridized carbons (Fsp3) is 0.692. The Morgan fingerprint density at radius 2 is 1.75 bits per heavy atom. The van der Waals surface area contributed by atoms with Gasteiger partial charge >= 0.3 is 0 Å². The van der Waals surface area contributed by atoms with Crippen molar-refractivity contribution in [2.75, 3.05) is 0 Å². The van der Waals surface area contributed by atoms with Gasteiger partial charge in [0.25, 0.3) is 0 Å². The van der Waals surface area contributed by atoms with E-state index in [0.29, 0.717) is 6.04 Å². The predicted molar refractivity (Wildman–Crippen MR) is 64.8 cm³/mol. The van der Waals surface area contributed by atoms with Crippen molar-refractivity contribution < 1.29 is 0 Å². The van der Waals surface area contributed by atoms with Gasteiger partial charge < -0.3 is 5.32 Å². The van der Waals surface area contributed by atoms with E-state index in [1.807, 2.05) is 6.07 Å². The summed E-state index contributed by atoms with van der Waals surface area (Å²) in [6.07, 6.45) is 7.56. The average Bonchev–Trinajstić information content (AvgIpc) is 2.27. The number of hydrogen-bond donors (Lipinski definition) is 1. The zero-order valence-electron chi connectivity index (χ0n) is 10.2. The summed E-state index contributed by atoms with van der Waals surface area (Å²) in [4.78, 5) is 8.46. The summed E-state index contributed by atoms with van der Waals surface area (Å²) in [5, 5.41) is 3.57. The smallest absolute Gasteiger partial charge is 0.141 e. The summed E-state index contributed by atoms with van der Waals surface area (Å²) >= 11 is 0. The number of hydrogen-bond acceptors (Lipinski definition) is 3. The van der Waals surface area contributed by atoms with Crippen molar-refractivity contribution in [3.8, 4) is 0 Å². The van der Waals surface area contributed by atoms with Gasteiger partial charge in [-0.3, -0.25) is 0 Å². The highest BCUT2D eigenvalue weighted by atomic mass is 15.0. The Kier molecular flexibility index (Phi) is 3.88. The summed E-state index contributed by atoms with van der Waals surface area (Å²) in [5.41, 5.74) is 0. The molecule has 1 aromatic rings. The van der Waals surface area contributed by atoms with Gasteiger partial charge in [-0.05, 0) is 37.2 Å². The largest absolute Gasteiger partial charge is 0.307 e. The molecule has 1 fully saturated rings. The maximum atomic E-state index is 4.23. The summed E-state index contributed by atoms with van der Waals surface area (Å²) in [6.45, 7) is 5.50. The lowest BCUT2D eigenvalue weighted by Gasteiger charge is -2.31. The molecule has 1 heterocycles. The van der Waals surface area contributed by atoms with Gasteiger partial charge in [0.15, 0.2) is 0 Å². The number of rotatable bonds is 3. The van der Waals surface area contributed by atoms with Gasteiger partial charge in [-0.15, -0.1) is 0 Å². The molecule has 2 rings (SSSR count). The fourth-order valence-corrected chi connectivity index (χ4v) is 2.77. The van der Waals surface area contributed by atoms with E-state index in [4.69, 9.17) is 0 Å². The molecule has 0 bridgehead atoms. The highest BCUT2D eigenvalue weighted by molar-refractivity contribution is 4.89. The first kappa shape index (κ1) is 11.5. The molecule has 1 aliphatic carbocycles. The minimum absolute atomic E-state index is 0.641. The van der Waals surface area contributed by atoms with Crippen molar-refractivity contribution in [3.63, 3.8) is 0 Å². The van der Waals surface area contributed by atoms with Crippen molar-refractivity contribution in [1.29, 1.82) is 0 Å². The normalized spacial score (nSPS) is 30.2. The first-order chi connectivity index (χ1) is 7.74. The van der Waals surface area contributed by atoms with Gasteiger partial charge in [0.05, 0.1) is 6.54 Å². The van der Waals surface area contributed by atoms with Crippen LogP contribution < -0.4 is 5.32 Å². The van der Waals surface area contributed by atoms with Crippen LogP contribution in [0.3, 0.4) is 0 Å². The minimum Gasteiger partial charge on any atom is -0.307 e. The first-order valence-corrected chi connectivity index (χ1v) is 6.23. The first-order valence-electron chi connectivity index (χ1n) is 6.23. The van der Waals surface area contributed by atoms with Gasteiger partial charge in [0.1, 0.15) is 5.82 Å². The molecular weight excluding hydrogens is 198 g/mol. The zero-order valence-corrected chi connectivity index (χ0v) is 10.2. The van der Waals surface area contributed by atoms with Crippen LogP contribution in [0.4, 0.5) is 0 Å². The van der Waals surface area contributed by atoms with Crippen LogP contribution in [0.25, 0.3) is 0 Å². The molecule has 0 aromatic carbocycles. The van der Waals surface area contributed by atoms with Crippen molar-refractivity contribution in [2.24, 2.45) is 11.8 Å². The Bertz CT molecular complexity index is 302. The third-order valence-electron chi connectivity index (χ3n) is 3.35. The van der Waals surface area contributed by atoms with Gasteiger partial charge in [0, 0.05) is 18.4 Å². The van der Waals surface area contributed by atoms with Crippen LogP contribution in [0.5, 0.6) is 0 Å². The monoisotopic (exact) mass is 219 g/mol. The number of nitrogens with one attached hydrogen (secondary N) is 1. The molecular formula is C13H21N3. The van der Waals surface area contributed by atoms with E-state index in [9.17, 15) is 0 Å². The SMILES string of the molecule is CC1CC(C)CC(NCc2ncccn2)C1. The molecule has 0 radical (unpaired) electrons. The molecule has 2 atom stereocenters. The Morgan fingerprint density at radius 3 is 2.38 bits per heavy atom. The molecule has 1 saturated carbocycles. The van der Waals surface area contributed by atoms with Gasteiger partial charge in [-0.25, -0.2) is 9.97 Å². The molecule has 3 nitrogen and oxygen atoms in total. The third-order valence-corrected chi connectivity index (χ3v) is 3.35. The molecule has 0 spiro atoms. The second kappa shape index (κ2) is 5.39. The van der Waals surface area contributed by atoms with Crippen molar-refractivity contribution >= 4 is 0 Å². The van der Waals surface area contributed by atoms with Crippen LogP contribution in [0.2, 0.25) is 0 Å².